The van der Waals surface area contributed by atoms with E-state index in [0.29, 0.717) is 12.4 Å². The fourth-order valence-electron chi connectivity index (χ4n) is 1.13. The molecule has 0 fully saturated rings. The van der Waals surface area contributed by atoms with Crippen molar-refractivity contribution in [3.63, 3.8) is 0 Å². The lowest BCUT2D eigenvalue weighted by atomic mass is 10.4. The Hall–Kier alpha value is -2.22. The van der Waals surface area contributed by atoms with E-state index in [0.717, 1.165) is 17.0 Å². The predicted octanol–water partition coefficient (Wildman–Crippen LogP) is 0.537. The number of aromatic amines is 1. The number of carbonyl (C=O) groups is 1. The minimum Gasteiger partial charge on any atom is -0.476 e. The van der Waals surface area contributed by atoms with Crippen LogP contribution in [0.3, 0.4) is 0 Å². The first kappa shape index (κ1) is 11.3. The highest BCUT2D eigenvalue weighted by Crippen LogP contribution is 2.04. The summed E-state index contributed by atoms with van der Waals surface area (Å²) in [6.07, 6.45) is 0. The van der Waals surface area contributed by atoms with Gasteiger partial charge < -0.3 is 15.4 Å². The van der Waals surface area contributed by atoms with Crippen molar-refractivity contribution in [2.24, 2.45) is 0 Å². The van der Waals surface area contributed by atoms with Crippen LogP contribution in [0.15, 0.2) is 22.3 Å². The molecule has 0 radical (unpaired) electrons. The molecule has 0 unspecified atom stereocenters. The number of anilines is 1. The molecule has 0 aromatic carbocycles. The van der Waals surface area contributed by atoms with Crippen LogP contribution in [0.4, 0.5) is 5.82 Å². The highest BCUT2D eigenvalue weighted by atomic mass is 32.1. The second kappa shape index (κ2) is 4.74. The van der Waals surface area contributed by atoms with Gasteiger partial charge in [-0.05, 0) is 12.1 Å². The Labute approximate surface area is 99.2 Å². The molecule has 2 aromatic rings. The van der Waals surface area contributed by atoms with Crippen LogP contribution in [0.5, 0.6) is 0 Å². The number of carboxylic acid groups (broad SMARTS) is 1. The van der Waals surface area contributed by atoms with E-state index in [1.807, 2.05) is 0 Å². The Kier molecular flexibility index (Phi) is 3.15. The average Bonchev–Trinajstić information content (AvgIpc) is 2.73. The summed E-state index contributed by atoms with van der Waals surface area (Å²) in [5, 5.41) is 20.4. The lowest BCUT2D eigenvalue weighted by Gasteiger charge is -2.02. The van der Waals surface area contributed by atoms with Gasteiger partial charge in [0.25, 0.3) is 0 Å². The number of nitrogens with one attached hydrogen (secondary N) is 2. The van der Waals surface area contributed by atoms with E-state index < -0.39 is 5.97 Å². The molecule has 0 aliphatic rings. The maximum absolute atomic E-state index is 10.9. The Balaban J connectivity index is 2.00. The summed E-state index contributed by atoms with van der Waals surface area (Å²) < 4.78 is 0. The Morgan fingerprint density at radius 2 is 2.29 bits per heavy atom. The molecule has 0 atom stereocenters. The number of thiazole rings is 1. The van der Waals surface area contributed by atoms with Crippen molar-refractivity contribution in [2.75, 3.05) is 5.32 Å². The van der Waals surface area contributed by atoms with Gasteiger partial charge in [-0.2, -0.15) is 0 Å². The molecule has 0 aliphatic heterocycles. The van der Waals surface area contributed by atoms with Crippen LogP contribution in [0.2, 0.25) is 0 Å². The Bertz CT molecular complexity index is 574. The molecule has 8 heteroatoms. The van der Waals surface area contributed by atoms with Gasteiger partial charge in [-0.3, -0.25) is 4.79 Å². The topological polar surface area (TPSA) is 108 Å². The van der Waals surface area contributed by atoms with E-state index in [9.17, 15) is 9.59 Å². The van der Waals surface area contributed by atoms with Crippen molar-refractivity contribution < 1.29 is 9.90 Å². The SMILES string of the molecule is O=C(O)c1ccc(NCc2csc(=O)[nH]2)nn1. The van der Waals surface area contributed by atoms with Crippen molar-refractivity contribution in [3.8, 4) is 0 Å². The molecule has 88 valence electrons. The van der Waals surface area contributed by atoms with E-state index in [4.69, 9.17) is 5.11 Å². The van der Waals surface area contributed by atoms with Gasteiger partial charge in [0.2, 0.25) is 0 Å². The third-order valence-electron chi connectivity index (χ3n) is 1.91. The zero-order valence-electron chi connectivity index (χ0n) is 8.51. The van der Waals surface area contributed by atoms with Crippen molar-refractivity contribution >= 4 is 23.1 Å². The van der Waals surface area contributed by atoms with Crippen LogP contribution < -0.4 is 10.2 Å². The van der Waals surface area contributed by atoms with E-state index >= 15 is 0 Å². The van der Waals surface area contributed by atoms with Crippen LogP contribution in [-0.2, 0) is 6.54 Å². The number of aromatic carboxylic acids is 1. The highest BCUT2D eigenvalue weighted by molar-refractivity contribution is 7.07. The molecular formula is C9H8N4O3S. The van der Waals surface area contributed by atoms with E-state index in [1.165, 1.54) is 12.1 Å². The number of carboxylic acids is 1. The summed E-state index contributed by atoms with van der Waals surface area (Å²) in [6, 6.07) is 2.87. The van der Waals surface area contributed by atoms with Gasteiger partial charge >= 0.3 is 10.8 Å². The van der Waals surface area contributed by atoms with Gasteiger partial charge in [0, 0.05) is 11.1 Å². The van der Waals surface area contributed by atoms with Gasteiger partial charge in [-0.15, -0.1) is 10.2 Å². The Morgan fingerprint density at radius 3 is 2.82 bits per heavy atom. The third-order valence-corrected chi connectivity index (χ3v) is 2.63. The fraction of sp³-hybridized carbons (Fsp3) is 0.111. The van der Waals surface area contributed by atoms with E-state index in [-0.39, 0.29) is 10.6 Å². The van der Waals surface area contributed by atoms with Gasteiger partial charge in [0.1, 0.15) is 5.82 Å². The lowest BCUT2D eigenvalue weighted by Crippen LogP contribution is -2.07. The number of H-pyrrole nitrogens is 1. The molecule has 7 nitrogen and oxygen atoms in total. The monoisotopic (exact) mass is 252 g/mol. The molecule has 0 aliphatic carbocycles. The summed E-state index contributed by atoms with van der Waals surface area (Å²) in [4.78, 5) is 23.9. The zero-order valence-corrected chi connectivity index (χ0v) is 9.32. The molecule has 2 aromatic heterocycles. The van der Waals surface area contributed by atoms with Crippen molar-refractivity contribution in [1.82, 2.24) is 15.2 Å². The van der Waals surface area contributed by atoms with Crippen molar-refractivity contribution in [1.29, 1.82) is 0 Å². The number of hydrogen-bond acceptors (Lipinski definition) is 6. The summed E-state index contributed by atoms with van der Waals surface area (Å²) >= 11 is 1.08. The second-order valence-electron chi connectivity index (χ2n) is 3.14. The van der Waals surface area contributed by atoms with Crippen LogP contribution >= 0.6 is 11.3 Å². The number of aromatic nitrogens is 3. The summed E-state index contributed by atoms with van der Waals surface area (Å²) in [6.45, 7) is 0.403. The maximum Gasteiger partial charge on any atom is 0.356 e. The molecule has 0 amide bonds. The van der Waals surface area contributed by atoms with Gasteiger partial charge in [-0.1, -0.05) is 11.3 Å². The minimum absolute atomic E-state index is 0.112. The lowest BCUT2D eigenvalue weighted by molar-refractivity contribution is 0.0689. The summed E-state index contributed by atoms with van der Waals surface area (Å²) in [5.41, 5.74) is 0.628. The average molecular weight is 252 g/mol. The predicted molar refractivity (Wildman–Crippen MR) is 61.3 cm³/mol. The summed E-state index contributed by atoms with van der Waals surface area (Å²) in [7, 11) is 0. The second-order valence-corrected chi connectivity index (χ2v) is 3.98. The quantitative estimate of drug-likeness (QED) is 0.732. The number of nitrogens with zero attached hydrogens (tertiary/aromatic N) is 2. The first-order valence-corrected chi connectivity index (χ1v) is 5.51. The maximum atomic E-state index is 10.9. The molecule has 0 spiro atoms. The molecule has 0 bridgehead atoms. The molecule has 17 heavy (non-hydrogen) atoms. The van der Waals surface area contributed by atoms with Gasteiger partial charge in [0.15, 0.2) is 5.69 Å². The van der Waals surface area contributed by atoms with Crippen LogP contribution in [0, 0.1) is 0 Å². The standard InChI is InChI=1S/C9H8N4O3S/c14-8(15)6-1-2-7(13-12-6)10-3-5-4-17-9(16)11-5/h1-2,4H,3H2,(H,10,13)(H,11,16)(H,14,15). The largest absolute Gasteiger partial charge is 0.476 e. The molecule has 2 rings (SSSR count). The normalized spacial score (nSPS) is 10.1. The molecule has 3 N–H and O–H groups in total. The van der Waals surface area contributed by atoms with Crippen LogP contribution in [0.1, 0.15) is 16.2 Å². The molecule has 0 saturated heterocycles. The first-order chi connectivity index (χ1) is 8.15. The van der Waals surface area contributed by atoms with Crippen LogP contribution in [-0.4, -0.2) is 26.3 Å². The number of rotatable bonds is 4. The molecule has 0 saturated carbocycles. The smallest absolute Gasteiger partial charge is 0.356 e. The minimum atomic E-state index is -1.12. The van der Waals surface area contributed by atoms with Gasteiger partial charge in [0.05, 0.1) is 6.54 Å². The van der Waals surface area contributed by atoms with Gasteiger partial charge in [-0.25, -0.2) is 4.79 Å². The molecular weight excluding hydrogens is 244 g/mol. The Morgan fingerprint density at radius 1 is 1.47 bits per heavy atom. The van der Waals surface area contributed by atoms with E-state index in [1.54, 1.807) is 5.38 Å². The number of hydrogen-bond donors (Lipinski definition) is 3. The highest BCUT2D eigenvalue weighted by Gasteiger charge is 2.04. The third kappa shape index (κ3) is 2.88. The summed E-state index contributed by atoms with van der Waals surface area (Å²) in [5.74, 6) is -0.673. The van der Waals surface area contributed by atoms with Crippen molar-refractivity contribution in [2.45, 2.75) is 6.54 Å². The fourth-order valence-corrected chi connectivity index (χ4v) is 1.71. The van der Waals surface area contributed by atoms with Crippen molar-refractivity contribution in [3.05, 3.63) is 38.6 Å². The first-order valence-electron chi connectivity index (χ1n) is 4.63. The van der Waals surface area contributed by atoms with E-state index in [2.05, 4.69) is 20.5 Å². The van der Waals surface area contributed by atoms with Crippen LogP contribution in [0.25, 0.3) is 0 Å². The zero-order chi connectivity index (χ0) is 12.3. The molecule has 2 heterocycles.